The Balaban J connectivity index is 2.20. The van der Waals surface area contributed by atoms with E-state index in [1.165, 1.54) is 19.1 Å². The summed E-state index contributed by atoms with van der Waals surface area (Å²) in [6.45, 7) is 7.26. The van der Waals surface area contributed by atoms with E-state index in [9.17, 15) is 19.7 Å². The Morgan fingerprint density at radius 1 is 1.46 bits per heavy atom. The maximum Gasteiger partial charge on any atom is 0.339 e. The molecule has 2 atom stereocenters. The first-order chi connectivity index (χ1) is 12.3. The number of carbonyl (C=O) groups is 2. The molecule has 8 nitrogen and oxygen atoms in total. The predicted octanol–water partition coefficient (Wildman–Crippen LogP) is 2.51. The van der Waals surface area contributed by atoms with E-state index >= 15 is 0 Å². The van der Waals surface area contributed by atoms with Crippen molar-refractivity contribution in [3.8, 4) is 0 Å². The van der Waals surface area contributed by atoms with Crippen LogP contribution in [0.5, 0.6) is 0 Å². The van der Waals surface area contributed by atoms with Gasteiger partial charge < -0.3 is 15.0 Å². The molecule has 1 N–H and O–H groups in total. The lowest BCUT2D eigenvalue weighted by Crippen LogP contribution is -2.35. The minimum atomic E-state index is -0.968. The molecule has 0 radical (unpaired) electrons. The van der Waals surface area contributed by atoms with Crippen molar-refractivity contribution >= 4 is 23.3 Å². The Labute approximate surface area is 152 Å². The number of amides is 1. The van der Waals surface area contributed by atoms with Gasteiger partial charge in [0.05, 0.1) is 10.5 Å². The minimum Gasteiger partial charge on any atom is -0.449 e. The highest BCUT2D eigenvalue weighted by molar-refractivity contribution is 5.93. The summed E-state index contributed by atoms with van der Waals surface area (Å²) >= 11 is 0. The summed E-state index contributed by atoms with van der Waals surface area (Å²) < 4.78 is 5.10. The number of ether oxygens (including phenoxy) is 1. The maximum absolute atomic E-state index is 12.2. The summed E-state index contributed by atoms with van der Waals surface area (Å²) in [6, 6.07) is 4.32. The fourth-order valence-corrected chi connectivity index (χ4v) is 3.07. The minimum absolute atomic E-state index is 0.0571. The van der Waals surface area contributed by atoms with Crippen LogP contribution in [0.1, 0.15) is 44.0 Å². The summed E-state index contributed by atoms with van der Waals surface area (Å²) in [6.07, 6.45) is 1.11. The summed E-state index contributed by atoms with van der Waals surface area (Å²) in [5.74, 6) is -0.703. The first-order valence-electron chi connectivity index (χ1n) is 8.85. The lowest BCUT2D eigenvalue weighted by Gasteiger charge is -2.32. The monoisotopic (exact) mass is 363 g/mol. The number of hydrogen-bond acceptors (Lipinski definition) is 6. The zero-order chi connectivity index (χ0) is 19.3. The van der Waals surface area contributed by atoms with Crippen molar-refractivity contribution in [1.82, 2.24) is 5.32 Å². The van der Waals surface area contributed by atoms with Gasteiger partial charge in [-0.1, -0.05) is 6.92 Å². The Morgan fingerprint density at radius 2 is 2.19 bits per heavy atom. The molecule has 1 saturated heterocycles. The van der Waals surface area contributed by atoms with Crippen LogP contribution in [0.3, 0.4) is 0 Å². The van der Waals surface area contributed by atoms with Crippen LogP contribution in [0.15, 0.2) is 18.2 Å². The molecule has 1 amide bonds. The molecule has 1 aliphatic rings. The lowest BCUT2D eigenvalue weighted by molar-refractivity contribution is -0.384. The van der Waals surface area contributed by atoms with E-state index in [-0.39, 0.29) is 11.3 Å². The number of benzene rings is 1. The first kappa shape index (κ1) is 19.7. The second-order valence-electron chi connectivity index (χ2n) is 6.60. The number of anilines is 1. The average Bonchev–Trinajstić information content (AvgIpc) is 2.61. The highest BCUT2D eigenvalue weighted by Crippen LogP contribution is 2.32. The van der Waals surface area contributed by atoms with Crippen LogP contribution in [0.2, 0.25) is 0 Å². The second-order valence-corrected chi connectivity index (χ2v) is 6.60. The Bertz CT molecular complexity index is 691. The number of hydrogen-bond donors (Lipinski definition) is 1. The predicted molar refractivity (Wildman–Crippen MR) is 97.3 cm³/mol. The van der Waals surface area contributed by atoms with Gasteiger partial charge in [0, 0.05) is 25.7 Å². The zero-order valence-electron chi connectivity index (χ0n) is 15.4. The van der Waals surface area contributed by atoms with E-state index in [1.807, 2.05) is 4.90 Å². The molecule has 0 bridgehead atoms. The highest BCUT2D eigenvalue weighted by Gasteiger charge is 2.26. The molecule has 8 heteroatoms. The first-order valence-corrected chi connectivity index (χ1v) is 8.85. The number of piperidine rings is 1. The normalized spacial score (nSPS) is 18.1. The van der Waals surface area contributed by atoms with Crippen molar-refractivity contribution in [2.75, 3.05) is 24.5 Å². The van der Waals surface area contributed by atoms with Crippen molar-refractivity contribution in [3.63, 3.8) is 0 Å². The third-order valence-electron chi connectivity index (χ3n) is 4.41. The van der Waals surface area contributed by atoms with Gasteiger partial charge in [0.1, 0.15) is 5.69 Å². The molecule has 142 valence electrons. The number of nitro benzene ring substituents is 1. The molecule has 0 unspecified atom stereocenters. The van der Waals surface area contributed by atoms with E-state index in [2.05, 4.69) is 12.2 Å². The molecule has 1 aromatic carbocycles. The molecule has 0 aromatic heterocycles. The molecule has 1 aliphatic heterocycles. The molecular formula is C18H25N3O5. The quantitative estimate of drug-likeness (QED) is 0.473. The van der Waals surface area contributed by atoms with Gasteiger partial charge in [0.2, 0.25) is 0 Å². The molecule has 0 spiro atoms. The van der Waals surface area contributed by atoms with E-state index in [0.29, 0.717) is 18.2 Å². The summed E-state index contributed by atoms with van der Waals surface area (Å²) in [5, 5.41) is 14.1. The fourth-order valence-electron chi connectivity index (χ4n) is 3.07. The van der Waals surface area contributed by atoms with Crippen LogP contribution in [-0.4, -0.2) is 42.5 Å². The van der Waals surface area contributed by atoms with Gasteiger partial charge in [-0.2, -0.15) is 0 Å². The van der Waals surface area contributed by atoms with E-state index in [4.69, 9.17) is 4.74 Å². The summed E-state index contributed by atoms with van der Waals surface area (Å²) in [7, 11) is 0. The number of carbonyl (C=O) groups excluding carboxylic acids is 2. The van der Waals surface area contributed by atoms with Gasteiger partial charge in [-0.25, -0.2) is 4.79 Å². The maximum atomic E-state index is 12.2. The SMILES string of the molecule is CCNC(=O)[C@@H](C)OC(=O)c1ccc(N2CCC[C@H](C)C2)c([N+](=O)[O-])c1. The Kier molecular flexibility index (Phi) is 6.54. The van der Waals surface area contributed by atoms with Gasteiger partial charge in [-0.05, 0) is 44.7 Å². The van der Waals surface area contributed by atoms with Crippen molar-refractivity contribution in [1.29, 1.82) is 0 Å². The Hall–Kier alpha value is -2.64. The van der Waals surface area contributed by atoms with Crippen LogP contribution in [0, 0.1) is 16.0 Å². The number of nitro groups is 1. The van der Waals surface area contributed by atoms with Crippen molar-refractivity contribution < 1.29 is 19.2 Å². The summed E-state index contributed by atoms with van der Waals surface area (Å²) in [4.78, 5) is 36.9. The molecule has 26 heavy (non-hydrogen) atoms. The molecule has 0 saturated carbocycles. The topological polar surface area (TPSA) is 102 Å². The molecule has 1 heterocycles. The van der Waals surface area contributed by atoms with Crippen molar-refractivity contribution in [2.24, 2.45) is 5.92 Å². The van der Waals surface area contributed by atoms with Crippen LogP contribution in [0.4, 0.5) is 11.4 Å². The number of nitrogens with zero attached hydrogens (tertiary/aromatic N) is 2. The highest BCUT2D eigenvalue weighted by atomic mass is 16.6. The fraction of sp³-hybridized carbons (Fsp3) is 0.556. The van der Waals surface area contributed by atoms with Crippen LogP contribution >= 0.6 is 0 Å². The molecule has 2 rings (SSSR count). The second kappa shape index (κ2) is 8.64. The van der Waals surface area contributed by atoms with Gasteiger partial charge in [0.25, 0.3) is 11.6 Å². The van der Waals surface area contributed by atoms with E-state index < -0.39 is 22.9 Å². The van der Waals surface area contributed by atoms with Crippen LogP contribution in [-0.2, 0) is 9.53 Å². The smallest absolute Gasteiger partial charge is 0.339 e. The molecule has 1 aromatic rings. The average molecular weight is 363 g/mol. The van der Waals surface area contributed by atoms with E-state index in [0.717, 1.165) is 25.9 Å². The third-order valence-corrected chi connectivity index (χ3v) is 4.41. The van der Waals surface area contributed by atoms with Gasteiger partial charge in [-0.15, -0.1) is 0 Å². The number of nitrogens with one attached hydrogen (secondary N) is 1. The van der Waals surface area contributed by atoms with Gasteiger partial charge in [0.15, 0.2) is 6.10 Å². The van der Waals surface area contributed by atoms with Gasteiger partial charge >= 0.3 is 5.97 Å². The molecule has 1 fully saturated rings. The third kappa shape index (κ3) is 4.71. The Morgan fingerprint density at radius 3 is 2.81 bits per heavy atom. The van der Waals surface area contributed by atoms with Gasteiger partial charge in [-0.3, -0.25) is 14.9 Å². The van der Waals surface area contributed by atoms with Crippen LogP contribution < -0.4 is 10.2 Å². The standard InChI is InChI=1S/C18H25N3O5/c1-4-19-17(22)13(3)26-18(23)14-7-8-15(16(10-14)21(24)25)20-9-5-6-12(2)11-20/h7-8,10,12-13H,4-6,9,11H2,1-3H3,(H,19,22)/t12-,13+/m0/s1. The summed E-state index contributed by atoms with van der Waals surface area (Å²) in [5.41, 5.74) is 0.441. The van der Waals surface area contributed by atoms with Crippen molar-refractivity contribution in [3.05, 3.63) is 33.9 Å². The zero-order valence-corrected chi connectivity index (χ0v) is 15.4. The lowest BCUT2D eigenvalue weighted by atomic mass is 9.99. The molecular weight excluding hydrogens is 338 g/mol. The van der Waals surface area contributed by atoms with Crippen molar-refractivity contribution in [2.45, 2.75) is 39.7 Å². The van der Waals surface area contributed by atoms with Crippen LogP contribution in [0.25, 0.3) is 0 Å². The number of esters is 1. The largest absolute Gasteiger partial charge is 0.449 e. The number of rotatable bonds is 6. The van der Waals surface area contributed by atoms with E-state index in [1.54, 1.807) is 13.0 Å². The number of likely N-dealkylation sites (N-methyl/N-ethyl adjacent to an activating group) is 1. The molecule has 0 aliphatic carbocycles.